The van der Waals surface area contributed by atoms with Crippen molar-refractivity contribution in [3.8, 4) is 62.1 Å². The van der Waals surface area contributed by atoms with Crippen molar-refractivity contribution in [1.29, 1.82) is 0 Å². The van der Waals surface area contributed by atoms with Crippen molar-refractivity contribution in [3.05, 3.63) is 206 Å². The van der Waals surface area contributed by atoms with Gasteiger partial charge in [0.05, 0.1) is 11.0 Å². The van der Waals surface area contributed by atoms with Gasteiger partial charge in [-0.2, -0.15) is 0 Å². The van der Waals surface area contributed by atoms with Crippen LogP contribution in [0.5, 0.6) is 0 Å². The minimum absolute atomic E-state index is 0.562. The Bertz CT molecular complexity index is 3810. The molecule has 0 fully saturated rings. The summed E-state index contributed by atoms with van der Waals surface area (Å²) in [6, 6.07) is 71.6. The highest BCUT2D eigenvalue weighted by atomic mass is 16.3. The Hall–Kier alpha value is -8.61. The van der Waals surface area contributed by atoms with Crippen LogP contribution in [-0.2, 0) is 0 Å². The molecule has 6 nitrogen and oxygen atoms in total. The summed E-state index contributed by atoms with van der Waals surface area (Å²) < 4.78 is 15.6. The van der Waals surface area contributed by atoms with Gasteiger partial charge in [0.1, 0.15) is 22.3 Å². The average molecular weight is 807 g/mol. The molecule has 0 bridgehead atoms. The van der Waals surface area contributed by atoms with Crippen LogP contribution in [-0.4, -0.2) is 19.5 Å². The Labute approximate surface area is 361 Å². The molecule has 13 aromatic rings. The molecule has 13 rings (SSSR count). The SMILES string of the molecule is c1ccc(-c2nc(-c3ccccc3)nc(-c3ccc(-c4ccc5oc6ccccc6c5c4)cc3-c3cc(-n4c5ccccc5c5ccccc54)cc4c3oc3ccccc34)n2)cc1. The summed E-state index contributed by atoms with van der Waals surface area (Å²) in [6.07, 6.45) is 0. The van der Waals surface area contributed by atoms with Crippen LogP contribution in [0.1, 0.15) is 0 Å². The second kappa shape index (κ2) is 14.0. The zero-order valence-corrected chi connectivity index (χ0v) is 33.7. The van der Waals surface area contributed by atoms with E-state index in [0.29, 0.717) is 17.5 Å². The number of rotatable bonds is 6. The molecule has 9 aromatic carbocycles. The van der Waals surface area contributed by atoms with E-state index in [1.54, 1.807) is 0 Å². The molecule has 0 atom stereocenters. The predicted molar refractivity (Wildman–Crippen MR) is 256 cm³/mol. The van der Waals surface area contributed by atoms with Gasteiger partial charge in [-0.25, -0.2) is 15.0 Å². The van der Waals surface area contributed by atoms with E-state index in [1.807, 2.05) is 84.9 Å². The number of hydrogen-bond acceptors (Lipinski definition) is 5. The van der Waals surface area contributed by atoms with Crippen LogP contribution < -0.4 is 0 Å². The third kappa shape index (κ3) is 5.69. The first-order valence-corrected chi connectivity index (χ1v) is 21.1. The first-order chi connectivity index (χ1) is 31.2. The van der Waals surface area contributed by atoms with Crippen molar-refractivity contribution in [2.75, 3.05) is 0 Å². The highest BCUT2D eigenvalue weighted by Gasteiger charge is 2.23. The molecular formula is C57H34N4O2. The molecule has 0 aliphatic carbocycles. The van der Waals surface area contributed by atoms with Crippen molar-refractivity contribution in [3.63, 3.8) is 0 Å². The minimum Gasteiger partial charge on any atom is -0.456 e. The van der Waals surface area contributed by atoms with Crippen molar-refractivity contribution >= 4 is 65.7 Å². The van der Waals surface area contributed by atoms with E-state index >= 15 is 0 Å². The van der Waals surface area contributed by atoms with Crippen LogP contribution in [0, 0.1) is 0 Å². The standard InChI is InChI=1S/C57H34N4O2/c1-3-15-35(16-4-1)55-58-56(36-17-5-2-6-18-36)60-57(59-55)44-29-27-37(38-28-30-53-46(32-38)42-21-9-13-25-51(42)62-53)31-45(44)48-34-39(33-47-43-22-10-14-26-52(43)63-54(47)48)61-49-23-11-7-19-40(49)41-20-8-12-24-50(41)61/h1-34H. The van der Waals surface area contributed by atoms with Crippen LogP contribution in [0.3, 0.4) is 0 Å². The molecule has 0 spiro atoms. The molecule has 0 amide bonds. The van der Waals surface area contributed by atoms with Gasteiger partial charge in [0.15, 0.2) is 17.5 Å². The lowest BCUT2D eigenvalue weighted by atomic mass is 9.92. The van der Waals surface area contributed by atoms with Crippen molar-refractivity contribution < 1.29 is 8.83 Å². The minimum atomic E-state index is 0.562. The van der Waals surface area contributed by atoms with E-state index in [-0.39, 0.29) is 0 Å². The molecule has 0 saturated carbocycles. The summed E-state index contributed by atoms with van der Waals surface area (Å²) in [5.41, 5.74) is 13.2. The number of benzene rings is 9. The topological polar surface area (TPSA) is 69.9 Å². The van der Waals surface area contributed by atoms with Gasteiger partial charge in [0.2, 0.25) is 0 Å². The van der Waals surface area contributed by atoms with Crippen LogP contribution in [0.15, 0.2) is 215 Å². The molecule has 0 aliphatic heterocycles. The molecule has 0 unspecified atom stereocenters. The Morgan fingerprint density at radius 3 is 1.48 bits per heavy atom. The summed E-state index contributed by atoms with van der Waals surface area (Å²) in [5.74, 6) is 1.76. The van der Waals surface area contributed by atoms with Gasteiger partial charge in [0.25, 0.3) is 0 Å². The van der Waals surface area contributed by atoms with E-state index in [2.05, 4.69) is 126 Å². The summed E-state index contributed by atoms with van der Waals surface area (Å²) in [6.45, 7) is 0. The van der Waals surface area contributed by atoms with Gasteiger partial charge in [-0.15, -0.1) is 0 Å². The van der Waals surface area contributed by atoms with Crippen molar-refractivity contribution in [2.45, 2.75) is 0 Å². The molecule has 4 aromatic heterocycles. The van der Waals surface area contributed by atoms with Crippen molar-refractivity contribution in [2.24, 2.45) is 0 Å². The van der Waals surface area contributed by atoms with Gasteiger partial charge >= 0.3 is 0 Å². The monoisotopic (exact) mass is 806 g/mol. The van der Waals surface area contributed by atoms with Crippen LogP contribution in [0.2, 0.25) is 0 Å². The fourth-order valence-corrected chi connectivity index (χ4v) is 9.32. The largest absolute Gasteiger partial charge is 0.456 e. The fraction of sp³-hybridized carbons (Fsp3) is 0. The molecule has 294 valence electrons. The maximum Gasteiger partial charge on any atom is 0.164 e. The highest BCUT2D eigenvalue weighted by Crippen LogP contribution is 2.45. The third-order valence-electron chi connectivity index (χ3n) is 12.3. The first kappa shape index (κ1) is 35.2. The van der Waals surface area contributed by atoms with E-state index in [4.69, 9.17) is 23.8 Å². The Morgan fingerprint density at radius 1 is 0.302 bits per heavy atom. The lowest BCUT2D eigenvalue weighted by Crippen LogP contribution is -2.01. The van der Waals surface area contributed by atoms with E-state index < -0.39 is 0 Å². The van der Waals surface area contributed by atoms with E-state index in [0.717, 1.165) is 99.5 Å². The van der Waals surface area contributed by atoms with Gasteiger partial charge in [-0.3, -0.25) is 0 Å². The maximum atomic E-state index is 6.93. The maximum absolute atomic E-state index is 6.93. The molecule has 0 radical (unpaired) electrons. The second-order valence-electron chi connectivity index (χ2n) is 15.9. The Morgan fingerprint density at radius 2 is 0.810 bits per heavy atom. The molecule has 4 heterocycles. The fourth-order valence-electron chi connectivity index (χ4n) is 9.32. The van der Waals surface area contributed by atoms with Crippen LogP contribution in [0.25, 0.3) is 128 Å². The van der Waals surface area contributed by atoms with Crippen molar-refractivity contribution in [1.82, 2.24) is 19.5 Å². The summed E-state index contributed by atoms with van der Waals surface area (Å²) in [4.78, 5) is 15.6. The normalized spacial score (nSPS) is 11.8. The average Bonchev–Trinajstić information content (AvgIpc) is 4.03. The molecule has 6 heteroatoms. The van der Waals surface area contributed by atoms with E-state index in [9.17, 15) is 0 Å². The summed E-state index contributed by atoms with van der Waals surface area (Å²) in [7, 11) is 0. The number of aromatic nitrogens is 4. The molecule has 0 N–H and O–H groups in total. The van der Waals surface area contributed by atoms with Gasteiger partial charge in [-0.05, 0) is 77.4 Å². The summed E-state index contributed by atoms with van der Waals surface area (Å²) >= 11 is 0. The third-order valence-corrected chi connectivity index (χ3v) is 12.3. The number of furan rings is 2. The van der Waals surface area contributed by atoms with E-state index in [1.165, 1.54) is 10.8 Å². The number of para-hydroxylation sites is 4. The lowest BCUT2D eigenvalue weighted by molar-refractivity contribution is 0.669. The Kier molecular flexibility index (Phi) is 7.80. The van der Waals surface area contributed by atoms with Crippen LogP contribution in [0.4, 0.5) is 0 Å². The van der Waals surface area contributed by atoms with Gasteiger partial charge in [-0.1, -0.05) is 146 Å². The number of nitrogens with zero attached hydrogens (tertiary/aromatic N) is 4. The number of fused-ring (bicyclic) bond motifs is 9. The smallest absolute Gasteiger partial charge is 0.164 e. The molecule has 0 saturated heterocycles. The summed E-state index contributed by atoms with van der Waals surface area (Å²) in [5, 5.41) is 6.62. The van der Waals surface area contributed by atoms with Gasteiger partial charge < -0.3 is 13.4 Å². The molecular weight excluding hydrogens is 773 g/mol. The number of hydrogen-bond donors (Lipinski definition) is 0. The van der Waals surface area contributed by atoms with Gasteiger partial charge in [0, 0.05) is 60.3 Å². The van der Waals surface area contributed by atoms with Crippen LogP contribution >= 0.6 is 0 Å². The Balaban J connectivity index is 1.13. The zero-order valence-electron chi connectivity index (χ0n) is 33.7. The lowest BCUT2D eigenvalue weighted by Gasteiger charge is -2.16. The predicted octanol–water partition coefficient (Wildman–Crippen LogP) is 15.1. The quantitative estimate of drug-likeness (QED) is 0.167. The second-order valence-corrected chi connectivity index (χ2v) is 15.9. The molecule has 0 aliphatic rings. The first-order valence-electron chi connectivity index (χ1n) is 21.1. The molecule has 63 heavy (non-hydrogen) atoms. The zero-order chi connectivity index (χ0) is 41.4. The highest BCUT2D eigenvalue weighted by molar-refractivity contribution is 6.14.